The Hall–Kier alpha value is -3.90. The maximum absolute atomic E-state index is 13.6. The molecule has 0 aliphatic heterocycles. The van der Waals surface area contributed by atoms with Crippen LogP contribution in [-0.4, -0.2) is 59.1 Å². The zero-order valence-corrected chi connectivity index (χ0v) is 24.3. The lowest BCUT2D eigenvalue weighted by atomic mass is 10.1. The highest BCUT2D eigenvalue weighted by atomic mass is 32.2. The van der Waals surface area contributed by atoms with E-state index in [1.807, 2.05) is 0 Å². The second-order valence-corrected chi connectivity index (χ2v) is 13.2. The van der Waals surface area contributed by atoms with Crippen molar-refractivity contribution in [2.45, 2.75) is 36.5 Å². The van der Waals surface area contributed by atoms with Gasteiger partial charge in [-0.05, 0) is 48.1 Å². The van der Waals surface area contributed by atoms with Crippen molar-refractivity contribution in [3.05, 3.63) is 66.0 Å². The molecule has 212 valence electrons. The van der Waals surface area contributed by atoms with Gasteiger partial charge < -0.3 is 13.9 Å². The minimum Gasteiger partial charge on any atom is -0.493 e. The Balaban J connectivity index is 1.95. The van der Waals surface area contributed by atoms with E-state index in [2.05, 4.69) is 10.5 Å². The third kappa shape index (κ3) is 5.41. The van der Waals surface area contributed by atoms with Crippen molar-refractivity contribution in [2.24, 2.45) is 5.10 Å². The van der Waals surface area contributed by atoms with Crippen LogP contribution in [0.3, 0.4) is 0 Å². The Kier molecular flexibility index (Phi) is 8.50. The van der Waals surface area contributed by atoms with Crippen LogP contribution in [-0.2, 0) is 19.7 Å². The summed E-state index contributed by atoms with van der Waals surface area (Å²) in [5.41, 5.74) is 2.80. The van der Waals surface area contributed by atoms with Gasteiger partial charge in [0.25, 0.3) is 5.91 Å². The number of benzene rings is 2. The van der Waals surface area contributed by atoms with Gasteiger partial charge in [0.05, 0.1) is 37.5 Å². The average molecular weight is 586 g/mol. The third-order valence-corrected chi connectivity index (χ3v) is 10.4. The van der Waals surface area contributed by atoms with Crippen LogP contribution in [0, 0.1) is 0 Å². The first-order valence-electron chi connectivity index (χ1n) is 12.7. The number of nitrogens with zero attached hydrogens (tertiary/aromatic N) is 2. The number of hydrogen-bond acceptors (Lipinski definition) is 8. The SMILES string of the molecule is CCCS(=O)(=O)c1c(S(=O)(=O)CCC)c2c3ccccc3ccn2c1C(=O)NN=Cc1ccc(OC)c(OC)c1. The maximum Gasteiger partial charge on any atom is 0.289 e. The number of aromatic nitrogens is 1. The largest absolute Gasteiger partial charge is 0.493 e. The molecule has 2 aromatic heterocycles. The fourth-order valence-electron chi connectivity index (χ4n) is 4.64. The fourth-order valence-corrected chi connectivity index (χ4v) is 8.63. The summed E-state index contributed by atoms with van der Waals surface area (Å²) in [5, 5.41) is 5.24. The average Bonchev–Trinajstić information content (AvgIpc) is 3.31. The first-order valence-corrected chi connectivity index (χ1v) is 16.0. The second kappa shape index (κ2) is 11.7. The molecule has 40 heavy (non-hydrogen) atoms. The summed E-state index contributed by atoms with van der Waals surface area (Å²) in [6.45, 7) is 3.38. The molecule has 4 aromatic rings. The Morgan fingerprint density at radius 1 is 0.900 bits per heavy atom. The number of hydrazone groups is 1. The molecule has 12 heteroatoms. The molecule has 1 N–H and O–H groups in total. The highest BCUT2D eigenvalue weighted by Crippen LogP contribution is 2.38. The molecule has 0 saturated heterocycles. The fraction of sp³-hybridized carbons (Fsp3) is 0.286. The van der Waals surface area contributed by atoms with Crippen LogP contribution in [0.25, 0.3) is 16.3 Å². The number of rotatable bonds is 11. The number of amides is 1. The van der Waals surface area contributed by atoms with Crippen molar-refractivity contribution in [1.29, 1.82) is 0 Å². The van der Waals surface area contributed by atoms with Gasteiger partial charge in [-0.15, -0.1) is 0 Å². The lowest BCUT2D eigenvalue weighted by molar-refractivity contribution is 0.0945. The first kappa shape index (κ1) is 29.1. The van der Waals surface area contributed by atoms with Crippen LogP contribution < -0.4 is 14.9 Å². The van der Waals surface area contributed by atoms with Gasteiger partial charge >= 0.3 is 0 Å². The van der Waals surface area contributed by atoms with E-state index in [0.717, 1.165) is 0 Å². The van der Waals surface area contributed by atoms with E-state index >= 15 is 0 Å². The number of carbonyl (C=O) groups excluding carboxylic acids is 1. The molecule has 1 amide bonds. The molecule has 0 fully saturated rings. The number of hydrogen-bond donors (Lipinski definition) is 1. The molecule has 0 saturated carbocycles. The van der Waals surface area contributed by atoms with Crippen molar-refractivity contribution < 1.29 is 31.1 Å². The van der Waals surface area contributed by atoms with Crippen LogP contribution in [0.1, 0.15) is 42.7 Å². The molecule has 0 radical (unpaired) electrons. The van der Waals surface area contributed by atoms with Gasteiger partial charge in [-0.3, -0.25) is 4.79 Å². The molecule has 0 atom stereocenters. The summed E-state index contributed by atoms with van der Waals surface area (Å²) >= 11 is 0. The van der Waals surface area contributed by atoms with E-state index in [0.29, 0.717) is 27.8 Å². The Labute approximate surface area is 233 Å². The Morgan fingerprint density at radius 3 is 2.20 bits per heavy atom. The van der Waals surface area contributed by atoms with Gasteiger partial charge in [0.2, 0.25) is 0 Å². The van der Waals surface area contributed by atoms with Crippen molar-refractivity contribution in [1.82, 2.24) is 9.83 Å². The number of methoxy groups -OCH3 is 2. The van der Waals surface area contributed by atoms with Crippen molar-refractivity contribution >= 4 is 48.1 Å². The molecule has 0 spiro atoms. The lowest BCUT2D eigenvalue weighted by Crippen LogP contribution is -2.23. The van der Waals surface area contributed by atoms with Crippen LogP contribution in [0.15, 0.2) is 69.6 Å². The number of sulfone groups is 2. The highest BCUT2D eigenvalue weighted by Gasteiger charge is 2.37. The summed E-state index contributed by atoms with van der Waals surface area (Å²) in [6.07, 6.45) is 3.39. The normalized spacial score (nSPS) is 12.3. The summed E-state index contributed by atoms with van der Waals surface area (Å²) < 4.78 is 66.4. The minimum absolute atomic E-state index is 0.148. The zero-order chi connectivity index (χ0) is 29.1. The monoisotopic (exact) mass is 585 g/mol. The van der Waals surface area contributed by atoms with E-state index in [1.165, 1.54) is 31.0 Å². The highest BCUT2D eigenvalue weighted by molar-refractivity contribution is 7.94. The van der Waals surface area contributed by atoms with Crippen molar-refractivity contribution in [3.8, 4) is 11.5 Å². The van der Waals surface area contributed by atoms with Gasteiger partial charge in [-0.2, -0.15) is 5.10 Å². The predicted molar refractivity (Wildman–Crippen MR) is 154 cm³/mol. The summed E-state index contributed by atoms with van der Waals surface area (Å²) in [6, 6.07) is 13.8. The number of fused-ring (bicyclic) bond motifs is 3. The first-order chi connectivity index (χ1) is 19.1. The third-order valence-electron chi connectivity index (χ3n) is 6.31. The number of pyridine rings is 1. The van der Waals surface area contributed by atoms with E-state index in [1.54, 1.807) is 62.4 Å². The van der Waals surface area contributed by atoms with Crippen molar-refractivity contribution in [2.75, 3.05) is 25.7 Å². The standard InChI is InChI=1S/C28H31N3O7S2/c1-5-15-39(33,34)26-24-21-10-8-7-9-20(21)13-14-31(24)25(27(26)40(35,36)16-6-2)28(32)30-29-18-19-11-12-22(37-3)23(17-19)38-4/h7-14,17-18H,5-6,15-16H2,1-4H3,(H,30,32). The maximum atomic E-state index is 13.6. The molecule has 2 aromatic carbocycles. The molecular weight excluding hydrogens is 554 g/mol. The zero-order valence-electron chi connectivity index (χ0n) is 22.7. The second-order valence-electron chi connectivity index (χ2n) is 9.08. The molecule has 0 unspecified atom stereocenters. The predicted octanol–water partition coefficient (Wildman–Crippen LogP) is 4.24. The molecule has 0 aliphatic rings. The molecule has 0 bridgehead atoms. The van der Waals surface area contributed by atoms with Crippen molar-refractivity contribution in [3.63, 3.8) is 0 Å². The molecule has 2 heterocycles. The number of carbonyl (C=O) groups is 1. The van der Waals surface area contributed by atoms with E-state index in [4.69, 9.17) is 9.47 Å². The van der Waals surface area contributed by atoms with E-state index in [9.17, 15) is 21.6 Å². The van der Waals surface area contributed by atoms with Gasteiger partial charge in [-0.1, -0.05) is 38.1 Å². The lowest BCUT2D eigenvalue weighted by Gasteiger charge is -2.09. The quantitative estimate of drug-likeness (QED) is 0.206. The van der Waals surface area contributed by atoms with E-state index < -0.39 is 30.5 Å². The molecule has 4 rings (SSSR count). The van der Waals surface area contributed by atoms with Crippen LogP contribution >= 0.6 is 0 Å². The topological polar surface area (TPSA) is 133 Å². The Bertz CT molecular complexity index is 1830. The summed E-state index contributed by atoms with van der Waals surface area (Å²) in [5.74, 6) is -0.493. The molecule has 10 nitrogen and oxygen atoms in total. The van der Waals surface area contributed by atoms with Crippen LogP contribution in [0.4, 0.5) is 0 Å². The summed E-state index contributed by atoms with van der Waals surface area (Å²) in [4.78, 5) is 12.8. The minimum atomic E-state index is -4.19. The smallest absolute Gasteiger partial charge is 0.289 e. The van der Waals surface area contributed by atoms with E-state index in [-0.39, 0.29) is 40.5 Å². The van der Waals surface area contributed by atoms with Gasteiger partial charge in [-0.25, -0.2) is 22.3 Å². The van der Waals surface area contributed by atoms with Gasteiger partial charge in [0.1, 0.15) is 15.5 Å². The molecular formula is C28H31N3O7S2. The number of nitrogens with one attached hydrogen (secondary N) is 1. The number of ether oxygens (including phenoxy) is 2. The van der Waals surface area contributed by atoms with Crippen LogP contribution in [0.5, 0.6) is 11.5 Å². The molecule has 0 aliphatic carbocycles. The Morgan fingerprint density at radius 2 is 1.55 bits per heavy atom. The van der Waals surface area contributed by atoms with Gasteiger partial charge in [0, 0.05) is 11.6 Å². The summed E-state index contributed by atoms with van der Waals surface area (Å²) in [7, 11) is -5.28. The van der Waals surface area contributed by atoms with Gasteiger partial charge in [0.15, 0.2) is 31.2 Å². The van der Waals surface area contributed by atoms with Crippen LogP contribution in [0.2, 0.25) is 0 Å².